The number of hydrogen-bond acceptors (Lipinski definition) is 5. The predicted octanol–water partition coefficient (Wildman–Crippen LogP) is 3.46. The molecule has 0 saturated heterocycles. The monoisotopic (exact) mass is 482 g/mol. The molecular formula is C25H34N4O4Si. The Labute approximate surface area is 199 Å². The Morgan fingerprint density at radius 1 is 1.18 bits per heavy atom. The zero-order chi connectivity index (χ0) is 23.8. The summed E-state index contributed by atoms with van der Waals surface area (Å²) in [5.41, 5.74) is 0.0637. The highest BCUT2D eigenvalue weighted by Crippen LogP contribution is 2.60. The summed E-state index contributed by atoms with van der Waals surface area (Å²) in [5, 5.41) is 12.3. The molecule has 2 atom stereocenters. The van der Waals surface area contributed by atoms with E-state index < -0.39 is 19.2 Å². The van der Waals surface area contributed by atoms with Crippen molar-refractivity contribution in [2.75, 3.05) is 6.61 Å². The molecule has 4 aliphatic carbocycles. The van der Waals surface area contributed by atoms with E-state index in [1.54, 1.807) is 6.20 Å². The second-order valence-corrected chi connectivity index (χ2v) is 17.8. The lowest BCUT2D eigenvalue weighted by molar-refractivity contribution is -0.146. The standard InChI is InChI=1S/C25H34N4O4Si/c1-34(2,3)7-6-33-14-28-5-4-18-21-19(13-26-22(18)28)23(30)27-24(31)29(21)20-16-8-15-9-17(20)12-25(32,10-15)11-16/h4-5,13,15-17,20,32H,6-12,14H2,1-3H3,(H,27,30,31). The SMILES string of the molecule is C[Si](C)(C)CCOCn1ccc2c1ncc1c(=O)[nH]c(=O)n(C3C4CC5CC3CC(O)(C5)C4)c12. The van der Waals surface area contributed by atoms with Gasteiger partial charge in [-0.2, -0.15) is 0 Å². The summed E-state index contributed by atoms with van der Waals surface area (Å²) in [7, 11) is -1.17. The first-order valence-corrected chi connectivity index (χ1v) is 16.3. The van der Waals surface area contributed by atoms with Crippen molar-refractivity contribution in [1.82, 2.24) is 19.1 Å². The van der Waals surface area contributed by atoms with Gasteiger partial charge in [0, 0.05) is 38.5 Å². The van der Waals surface area contributed by atoms with Gasteiger partial charge in [-0.05, 0) is 62.0 Å². The number of aromatic nitrogens is 4. The summed E-state index contributed by atoms with van der Waals surface area (Å²) in [6, 6.07) is 3.03. The average molecular weight is 483 g/mol. The van der Waals surface area contributed by atoms with E-state index in [-0.39, 0.29) is 23.6 Å². The number of rotatable bonds is 6. The first kappa shape index (κ1) is 22.2. The molecule has 0 amide bonds. The quantitative estimate of drug-likeness (QED) is 0.414. The van der Waals surface area contributed by atoms with Gasteiger partial charge in [-0.3, -0.25) is 14.3 Å². The minimum Gasteiger partial charge on any atom is -0.390 e. The number of aromatic amines is 1. The van der Waals surface area contributed by atoms with Gasteiger partial charge in [-0.15, -0.1) is 0 Å². The van der Waals surface area contributed by atoms with E-state index in [1.165, 1.54) is 0 Å². The van der Waals surface area contributed by atoms with Crippen molar-refractivity contribution in [2.45, 2.75) is 76.2 Å². The van der Waals surface area contributed by atoms with Gasteiger partial charge in [-0.1, -0.05) is 19.6 Å². The van der Waals surface area contributed by atoms with Gasteiger partial charge in [0.05, 0.1) is 16.5 Å². The Morgan fingerprint density at radius 3 is 2.59 bits per heavy atom. The number of ether oxygens (including phenoxy) is 1. The molecule has 7 rings (SSSR count). The van der Waals surface area contributed by atoms with Gasteiger partial charge in [0.25, 0.3) is 5.56 Å². The van der Waals surface area contributed by atoms with Crippen molar-refractivity contribution in [3.8, 4) is 0 Å². The molecule has 4 fully saturated rings. The Hall–Kier alpha value is -2.23. The third kappa shape index (κ3) is 3.60. The van der Waals surface area contributed by atoms with Crippen LogP contribution in [0.5, 0.6) is 0 Å². The van der Waals surface area contributed by atoms with E-state index in [0.29, 0.717) is 30.2 Å². The number of pyridine rings is 1. The van der Waals surface area contributed by atoms with Crippen molar-refractivity contribution in [1.29, 1.82) is 0 Å². The molecule has 4 saturated carbocycles. The molecule has 9 heteroatoms. The van der Waals surface area contributed by atoms with E-state index in [9.17, 15) is 14.7 Å². The molecule has 0 aliphatic heterocycles. The summed E-state index contributed by atoms with van der Waals surface area (Å²) >= 11 is 0. The smallest absolute Gasteiger partial charge is 0.329 e. The molecule has 2 N–H and O–H groups in total. The Bertz CT molecular complexity index is 1370. The Morgan fingerprint density at radius 2 is 1.91 bits per heavy atom. The Balaban J connectivity index is 1.44. The number of H-pyrrole nitrogens is 1. The van der Waals surface area contributed by atoms with Crippen LogP contribution in [0.25, 0.3) is 21.9 Å². The van der Waals surface area contributed by atoms with Crippen molar-refractivity contribution < 1.29 is 9.84 Å². The molecular weight excluding hydrogens is 448 g/mol. The number of nitrogens with zero attached hydrogens (tertiary/aromatic N) is 3. The van der Waals surface area contributed by atoms with Gasteiger partial charge >= 0.3 is 5.69 Å². The second-order valence-electron chi connectivity index (χ2n) is 12.2. The fraction of sp³-hybridized carbons (Fsp3) is 0.640. The van der Waals surface area contributed by atoms with Gasteiger partial charge in [0.1, 0.15) is 12.4 Å². The second kappa shape index (κ2) is 7.63. The van der Waals surface area contributed by atoms with Crippen LogP contribution in [-0.4, -0.2) is 44.5 Å². The molecule has 3 aromatic rings. The van der Waals surface area contributed by atoms with Crippen LogP contribution in [-0.2, 0) is 11.5 Å². The van der Waals surface area contributed by atoms with E-state index in [1.807, 2.05) is 21.4 Å². The van der Waals surface area contributed by atoms with E-state index in [4.69, 9.17) is 4.74 Å². The highest BCUT2D eigenvalue weighted by Gasteiger charge is 2.55. The maximum atomic E-state index is 13.3. The zero-order valence-corrected chi connectivity index (χ0v) is 21.2. The van der Waals surface area contributed by atoms with Crippen LogP contribution in [0.15, 0.2) is 28.0 Å². The van der Waals surface area contributed by atoms with E-state index in [0.717, 1.165) is 49.2 Å². The van der Waals surface area contributed by atoms with Gasteiger partial charge in [0.2, 0.25) is 0 Å². The number of aliphatic hydroxyl groups is 1. The topological polar surface area (TPSA) is 102 Å². The minimum absolute atomic E-state index is 0.00869. The molecule has 0 radical (unpaired) electrons. The normalized spacial score (nSPS) is 30.6. The predicted molar refractivity (Wildman–Crippen MR) is 134 cm³/mol. The lowest BCUT2D eigenvalue weighted by Crippen LogP contribution is -2.56. The number of hydrogen-bond donors (Lipinski definition) is 2. The van der Waals surface area contributed by atoms with Crippen molar-refractivity contribution >= 4 is 30.0 Å². The molecule has 3 aromatic heterocycles. The minimum atomic E-state index is -1.17. The van der Waals surface area contributed by atoms with Crippen molar-refractivity contribution in [3.05, 3.63) is 39.3 Å². The van der Waals surface area contributed by atoms with Crippen molar-refractivity contribution in [2.24, 2.45) is 17.8 Å². The molecule has 4 bridgehead atoms. The average Bonchev–Trinajstić information content (AvgIpc) is 3.14. The summed E-state index contributed by atoms with van der Waals surface area (Å²) in [4.78, 5) is 33.2. The molecule has 8 nitrogen and oxygen atoms in total. The molecule has 4 aliphatic rings. The third-order valence-corrected chi connectivity index (χ3v) is 10.1. The molecule has 0 spiro atoms. The lowest BCUT2D eigenvalue weighted by Gasteiger charge is -2.58. The first-order valence-electron chi connectivity index (χ1n) is 12.5. The third-order valence-electron chi connectivity index (χ3n) is 8.40. The van der Waals surface area contributed by atoms with Crippen molar-refractivity contribution in [3.63, 3.8) is 0 Å². The van der Waals surface area contributed by atoms with Crippen LogP contribution in [0.4, 0.5) is 0 Å². The van der Waals surface area contributed by atoms with Gasteiger partial charge < -0.3 is 14.4 Å². The maximum Gasteiger partial charge on any atom is 0.329 e. The van der Waals surface area contributed by atoms with Crippen LogP contribution < -0.4 is 11.2 Å². The van der Waals surface area contributed by atoms with Crippen LogP contribution in [0.1, 0.15) is 38.1 Å². The fourth-order valence-electron chi connectivity index (χ4n) is 7.18. The fourth-order valence-corrected chi connectivity index (χ4v) is 7.94. The molecule has 3 heterocycles. The summed E-state index contributed by atoms with van der Waals surface area (Å²) in [5.74, 6) is 1.04. The molecule has 2 unspecified atom stereocenters. The molecule has 182 valence electrons. The summed E-state index contributed by atoms with van der Waals surface area (Å²) < 4.78 is 9.74. The first-order chi connectivity index (χ1) is 16.1. The van der Waals surface area contributed by atoms with Gasteiger partial charge in [-0.25, -0.2) is 9.78 Å². The van der Waals surface area contributed by atoms with E-state index >= 15 is 0 Å². The lowest BCUT2D eigenvalue weighted by atomic mass is 9.52. The van der Waals surface area contributed by atoms with E-state index in [2.05, 4.69) is 29.6 Å². The largest absolute Gasteiger partial charge is 0.390 e. The maximum absolute atomic E-state index is 13.3. The summed E-state index contributed by atoms with van der Waals surface area (Å²) in [6.45, 7) is 8.09. The summed E-state index contributed by atoms with van der Waals surface area (Å²) in [6.07, 6.45) is 7.96. The number of fused-ring (bicyclic) bond motifs is 3. The Kier molecular flexibility index (Phi) is 4.99. The highest BCUT2D eigenvalue weighted by atomic mass is 28.3. The van der Waals surface area contributed by atoms with Crippen LogP contribution in [0, 0.1) is 17.8 Å². The molecule has 34 heavy (non-hydrogen) atoms. The zero-order valence-electron chi connectivity index (χ0n) is 20.2. The molecule has 0 aromatic carbocycles. The van der Waals surface area contributed by atoms with Crippen LogP contribution >= 0.6 is 0 Å². The number of nitrogens with one attached hydrogen (secondary N) is 1. The van der Waals surface area contributed by atoms with Gasteiger partial charge in [0.15, 0.2) is 0 Å². The highest BCUT2D eigenvalue weighted by molar-refractivity contribution is 6.76. The van der Waals surface area contributed by atoms with Crippen LogP contribution in [0.3, 0.4) is 0 Å². The van der Waals surface area contributed by atoms with Crippen LogP contribution in [0.2, 0.25) is 25.7 Å².